The number of ether oxygens (including phenoxy) is 1. The van der Waals surface area contributed by atoms with Crippen LogP contribution in [0.15, 0.2) is 48.0 Å². The number of Topliss-reactive ketones (excluding diaryl/α,β-unsaturated/α-hetero) is 1. The normalized spacial score (nSPS) is 11.2. The number of rotatable bonds is 5. The number of ketones is 1. The lowest BCUT2D eigenvalue weighted by Gasteiger charge is -2.09. The summed E-state index contributed by atoms with van der Waals surface area (Å²) in [6, 6.07) is 11.4. The van der Waals surface area contributed by atoms with Crippen molar-refractivity contribution in [1.82, 2.24) is 0 Å². The molecule has 0 N–H and O–H groups in total. The maximum Gasteiger partial charge on any atom is 0.302 e. The number of esters is 1. The molecule has 0 saturated carbocycles. The SMILES string of the molecule is CC(=O)OC/C(=C/c1ccc(Cl)cc1Cl)C(=O)c1ccc(Cl)cc1. The van der Waals surface area contributed by atoms with Gasteiger partial charge in [-0.1, -0.05) is 40.9 Å². The average Bonchev–Trinajstić information content (AvgIpc) is 2.53. The Kier molecular flexibility index (Phi) is 6.44. The van der Waals surface area contributed by atoms with Crippen molar-refractivity contribution in [2.75, 3.05) is 6.61 Å². The van der Waals surface area contributed by atoms with E-state index in [1.54, 1.807) is 48.5 Å². The highest BCUT2D eigenvalue weighted by molar-refractivity contribution is 6.35. The molecule has 124 valence electrons. The number of carbonyl (C=O) groups excluding carboxylic acids is 2. The third-order valence-corrected chi connectivity index (χ3v) is 3.94. The van der Waals surface area contributed by atoms with Gasteiger partial charge in [0.05, 0.1) is 0 Å². The van der Waals surface area contributed by atoms with Crippen molar-refractivity contribution in [3.63, 3.8) is 0 Å². The summed E-state index contributed by atoms with van der Waals surface area (Å²) >= 11 is 17.9. The van der Waals surface area contributed by atoms with E-state index < -0.39 is 5.97 Å². The molecule has 0 amide bonds. The highest BCUT2D eigenvalue weighted by atomic mass is 35.5. The molecule has 6 heteroatoms. The summed E-state index contributed by atoms with van der Waals surface area (Å²) in [5, 5.41) is 1.41. The Morgan fingerprint density at radius 2 is 1.62 bits per heavy atom. The molecule has 24 heavy (non-hydrogen) atoms. The average molecular weight is 384 g/mol. The van der Waals surface area contributed by atoms with Gasteiger partial charge >= 0.3 is 5.97 Å². The Morgan fingerprint density at radius 1 is 1.00 bits per heavy atom. The van der Waals surface area contributed by atoms with Crippen molar-refractivity contribution < 1.29 is 14.3 Å². The molecule has 0 aliphatic carbocycles. The summed E-state index contributed by atoms with van der Waals surface area (Å²) in [6.45, 7) is 1.12. The zero-order chi connectivity index (χ0) is 17.7. The van der Waals surface area contributed by atoms with Crippen molar-refractivity contribution in [1.29, 1.82) is 0 Å². The zero-order valence-corrected chi connectivity index (χ0v) is 15.0. The van der Waals surface area contributed by atoms with Gasteiger partial charge in [0.15, 0.2) is 5.78 Å². The highest BCUT2D eigenvalue weighted by Crippen LogP contribution is 2.24. The molecule has 0 fully saturated rings. The maximum absolute atomic E-state index is 12.7. The second-order valence-corrected chi connectivity index (χ2v) is 6.23. The Bertz CT molecular complexity index is 796. The third kappa shape index (κ3) is 5.10. The minimum absolute atomic E-state index is 0.157. The molecule has 0 aliphatic rings. The van der Waals surface area contributed by atoms with Crippen LogP contribution in [-0.4, -0.2) is 18.4 Å². The van der Waals surface area contributed by atoms with E-state index in [2.05, 4.69) is 0 Å². The minimum Gasteiger partial charge on any atom is -0.461 e. The number of hydrogen-bond acceptors (Lipinski definition) is 3. The lowest BCUT2D eigenvalue weighted by molar-refractivity contribution is -0.139. The molecule has 0 saturated heterocycles. The van der Waals surface area contributed by atoms with Gasteiger partial charge in [-0.2, -0.15) is 0 Å². The molecular formula is C18H13Cl3O3. The third-order valence-electron chi connectivity index (χ3n) is 3.12. The second kappa shape index (κ2) is 8.34. The smallest absolute Gasteiger partial charge is 0.302 e. The van der Waals surface area contributed by atoms with Crippen molar-refractivity contribution in [3.05, 3.63) is 74.2 Å². The molecule has 0 aromatic heterocycles. The van der Waals surface area contributed by atoms with E-state index in [0.717, 1.165) is 0 Å². The predicted octanol–water partition coefficient (Wildman–Crippen LogP) is 5.48. The molecule has 0 heterocycles. The van der Waals surface area contributed by atoms with E-state index in [1.165, 1.54) is 6.92 Å². The molecule has 3 nitrogen and oxygen atoms in total. The molecule has 0 bridgehead atoms. The fourth-order valence-electron chi connectivity index (χ4n) is 1.95. The van der Waals surface area contributed by atoms with Gasteiger partial charge in [0.1, 0.15) is 6.61 Å². The van der Waals surface area contributed by atoms with Crippen LogP contribution in [0.3, 0.4) is 0 Å². The van der Waals surface area contributed by atoms with Crippen molar-refractivity contribution in [3.8, 4) is 0 Å². The quantitative estimate of drug-likeness (QED) is 0.390. The number of halogens is 3. The first-order valence-electron chi connectivity index (χ1n) is 6.96. The standard InChI is InChI=1S/C18H13Cl3O3/c1-11(22)24-10-14(8-13-4-7-16(20)9-17(13)21)18(23)12-2-5-15(19)6-3-12/h2-9H,10H2,1H3/b14-8-. The molecular weight excluding hydrogens is 371 g/mol. The number of hydrogen-bond donors (Lipinski definition) is 0. The second-order valence-electron chi connectivity index (χ2n) is 4.95. The zero-order valence-electron chi connectivity index (χ0n) is 12.7. The van der Waals surface area contributed by atoms with Crippen molar-refractivity contribution >= 4 is 52.6 Å². The van der Waals surface area contributed by atoms with Crippen LogP contribution in [0.2, 0.25) is 15.1 Å². The van der Waals surface area contributed by atoms with Gasteiger partial charge in [0, 0.05) is 33.1 Å². The Hall–Kier alpha value is -1.81. The number of carbonyl (C=O) groups is 2. The first-order chi connectivity index (χ1) is 11.4. The van der Waals surface area contributed by atoms with Crippen LogP contribution in [0.5, 0.6) is 0 Å². The monoisotopic (exact) mass is 382 g/mol. The highest BCUT2D eigenvalue weighted by Gasteiger charge is 2.15. The maximum atomic E-state index is 12.7. The summed E-state index contributed by atoms with van der Waals surface area (Å²) < 4.78 is 4.98. The molecule has 0 unspecified atom stereocenters. The molecule has 0 spiro atoms. The van der Waals surface area contributed by atoms with Gasteiger partial charge in [-0.05, 0) is 48.0 Å². The van der Waals surface area contributed by atoms with Gasteiger partial charge in [0.2, 0.25) is 0 Å². The molecule has 2 aromatic carbocycles. The van der Waals surface area contributed by atoms with E-state index in [-0.39, 0.29) is 18.0 Å². The fourth-order valence-corrected chi connectivity index (χ4v) is 2.53. The summed E-state index contributed by atoms with van der Waals surface area (Å²) in [5.74, 6) is -0.758. The predicted molar refractivity (Wildman–Crippen MR) is 96.9 cm³/mol. The Morgan fingerprint density at radius 3 is 2.21 bits per heavy atom. The largest absolute Gasteiger partial charge is 0.461 e. The van der Waals surface area contributed by atoms with E-state index in [0.29, 0.717) is 26.2 Å². The molecule has 0 aliphatic heterocycles. The van der Waals surface area contributed by atoms with E-state index in [1.807, 2.05) is 0 Å². The summed E-state index contributed by atoms with van der Waals surface area (Å²) in [7, 11) is 0. The van der Waals surface area contributed by atoms with Gasteiger partial charge in [-0.25, -0.2) is 0 Å². The molecule has 0 atom stereocenters. The van der Waals surface area contributed by atoms with Crippen LogP contribution >= 0.6 is 34.8 Å². The Balaban J connectivity index is 2.39. The van der Waals surface area contributed by atoms with E-state index in [4.69, 9.17) is 39.5 Å². The summed E-state index contributed by atoms with van der Waals surface area (Å²) in [5.41, 5.74) is 1.32. The van der Waals surface area contributed by atoms with E-state index in [9.17, 15) is 9.59 Å². The minimum atomic E-state index is -0.480. The van der Waals surface area contributed by atoms with Gasteiger partial charge in [-0.15, -0.1) is 0 Å². The topological polar surface area (TPSA) is 43.4 Å². The van der Waals surface area contributed by atoms with Crippen molar-refractivity contribution in [2.45, 2.75) is 6.92 Å². The summed E-state index contributed by atoms with van der Waals surface area (Å²) in [6.07, 6.45) is 1.58. The van der Waals surface area contributed by atoms with Crippen LogP contribution in [0.4, 0.5) is 0 Å². The van der Waals surface area contributed by atoms with Crippen LogP contribution in [0.25, 0.3) is 6.08 Å². The van der Waals surface area contributed by atoms with Crippen LogP contribution in [0, 0.1) is 0 Å². The Labute approximate surface area is 154 Å². The fraction of sp³-hybridized carbons (Fsp3) is 0.111. The van der Waals surface area contributed by atoms with Crippen molar-refractivity contribution in [2.24, 2.45) is 0 Å². The van der Waals surface area contributed by atoms with Gasteiger partial charge in [0.25, 0.3) is 0 Å². The molecule has 0 radical (unpaired) electrons. The lowest BCUT2D eigenvalue weighted by atomic mass is 10.0. The summed E-state index contributed by atoms with van der Waals surface area (Å²) in [4.78, 5) is 23.8. The lowest BCUT2D eigenvalue weighted by Crippen LogP contribution is -2.12. The number of benzene rings is 2. The first-order valence-corrected chi connectivity index (χ1v) is 8.09. The van der Waals surface area contributed by atoms with Crippen LogP contribution in [-0.2, 0) is 9.53 Å². The molecule has 2 rings (SSSR count). The van der Waals surface area contributed by atoms with E-state index >= 15 is 0 Å². The first kappa shape index (κ1) is 18.5. The van der Waals surface area contributed by atoms with Gasteiger partial charge in [-0.3, -0.25) is 9.59 Å². The van der Waals surface area contributed by atoms with Crippen LogP contribution in [0.1, 0.15) is 22.8 Å². The molecule has 2 aromatic rings. The van der Waals surface area contributed by atoms with Crippen LogP contribution < -0.4 is 0 Å². The van der Waals surface area contributed by atoms with Gasteiger partial charge < -0.3 is 4.74 Å².